The molecule has 0 N–H and O–H groups in total. The minimum Gasteiger partial charge on any atom is -0.306 e. The van der Waals surface area contributed by atoms with Crippen molar-refractivity contribution in [2.24, 2.45) is 0 Å². The van der Waals surface area contributed by atoms with Crippen LogP contribution in [0.5, 0.6) is 0 Å². The number of carbonyl (C=O) groups excluding carboxylic acids is 1. The van der Waals surface area contributed by atoms with Gasteiger partial charge < -0.3 is 4.90 Å². The van der Waals surface area contributed by atoms with E-state index in [-0.39, 0.29) is 16.5 Å². The van der Waals surface area contributed by atoms with E-state index in [0.717, 1.165) is 11.3 Å². The molecule has 0 radical (unpaired) electrons. The molecule has 4 rings (SSSR count). The number of sulfonamides is 1. The number of hydrogen-bond donors (Lipinski definition) is 0. The summed E-state index contributed by atoms with van der Waals surface area (Å²) < 4.78 is 27.0. The van der Waals surface area contributed by atoms with Crippen molar-refractivity contribution in [1.82, 2.24) is 19.3 Å². The van der Waals surface area contributed by atoms with Gasteiger partial charge in [0.05, 0.1) is 16.8 Å². The minimum atomic E-state index is -3.54. The fraction of sp³-hybridized carbons (Fsp3) is 0.286. The van der Waals surface area contributed by atoms with Gasteiger partial charge in [0, 0.05) is 25.3 Å². The second-order valence-corrected chi connectivity index (χ2v) is 8.88. The Hall–Kier alpha value is -3.04. The highest BCUT2D eigenvalue weighted by Gasteiger charge is 2.30. The van der Waals surface area contributed by atoms with Crippen LogP contribution in [0.1, 0.15) is 29.9 Å². The lowest BCUT2D eigenvalue weighted by Gasteiger charge is -2.20. The van der Waals surface area contributed by atoms with Gasteiger partial charge in [0.25, 0.3) is 5.91 Å². The third-order valence-corrected chi connectivity index (χ3v) is 7.28. The molecule has 1 aliphatic heterocycles. The number of fused-ring (bicyclic) bond motifs is 1. The smallest absolute Gasteiger partial charge is 0.280 e. The van der Waals surface area contributed by atoms with Gasteiger partial charge in [-0.25, -0.2) is 8.42 Å². The summed E-state index contributed by atoms with van der Waals surface area (Å²) >= 11 is 0. The highest BCUT2D eigenvalue weighted by Crippen LogP contribution is 2.32. The van der Waals surface area contributed by atoms with Gasteiger partial charge in [-0.15, -0.1) is 5.10 Å². The Kier molecular flexibility index (Phi) is 5.40. The van der Waals surface area contributed by atoms with E-state index in [1.165, 1.54) is 15.3 Å². The van der Waals surface area contributed by atoms with E-state index in [1.807, 2.05) is 44.2 Å². The first-order valence-corrected chi connectivity index (χ1v) is 11.3. The zero-order chi connectivity index (χ0) is 21.3. The van der Waals surface area contributed by atoms with Crippen LogP contribution in [0.3, 0.4) is 0 Å². The average molecular weight is 426 g/mol. The number of aromatic nitrogens is 3. The Morgan fingerprint density at radius 2 is 1.83 bits per heavy atom. The normalized spacial score (nSPS) is 13.6. The number of para-hydroxylation sites is 1. The first-order valence-electron chi connectivity index (χ1n) is 9.88. The topological polar surface area (TPSA) is 88.4 Å². The van der Waals surface area contributed by atoms with E-state index in [4.69, 9.17) is 0 Å². The standard InChI is InChI=1S/C21H23N5O3S/c1-3-24(4-2)30(28,29)18-10-11-20-16(14-18)12-13-25(20)21(27)19-15-22-26(23-19)17-8-6-5-7-9-17/h5-11,14-15H,3-4,12-13H2,1-2H3. The van der Waals surface area contributed by atoms with Crippen molar-refractivity contribution < 1.29 is 13.2 Å². The molecular weight excluding hydrogens is 402 g/mol. The first kappa shape index (κ1) is 20.2. The van der Waals surface area contributed by atoms with Gasteiger partial charge in [-0.05, 0) is 42.3 Å². The van der Waals surface area contributed by atoms with E-state index >= 15 is 0 Å². The van der Waals surface area contributed by atoms with E-state index in [2.05, 4.69) is 10.2 Å². The molecule has 0 saturated heterocycles. The van der Waals surface area contributed by atoms with E-state index in [1.54, 1.807) is 23.1 Å². The maximum atomic E-state index is 13.0. The van der Waals surface area contributed by atoms with Crippen LogP contribution in [-0.2, 0) is 16.4 Å². The van der Waals surface area contributed by atoms with Crippen LogP contribution in [0, 0.1) is 0 Å². The van der Waals surface area contributed by atoms with E-state index in [9.17, 15) is 13.2 Å². The number of benzene rings is 2. The van der Waals surface area contributed by atoms with Crippen molar-refractivity contribution in [1.29, 1.82) is 0 Å². The zero-order valence-electron chi connectivity index (χ0n) is 16.9. The van der Waals surface area contributed by atoms with Gasteiger partial charge in [-0.1, -0.05) is 32.0 Å². The molecular formula is C21H23N5O3S. The van der Waals surface area contributed by atoms with Crippen LogP contribution in [-0.4, -0.2) is 53.3 Å². The fourth-order valence-electron chi connectivity index (χ4n) is 3.65. The van der Waals surface area contributed by atoms with Gasteiger partial charge in [-0.3, -0.25) is 4.79 Å². The van der Waals surface area contributed by atoms with Crippen LogP contribution in [0.25, 0.3) is 5.69 Å². The van der Waals surface area contributed by atoms with Crippen LogP contribution < -0.4 is 4.90 Å². The molecule has 0 aliphatic carbocycles. The van der Waals surface area contributed by atoms with Crippen LogP contribution in [0.15, 0.2) is 59.6 Å². The molecule has 2 heterocycles. The molecule has 30 heavy (non-hydrogen) atoms. The summed E-state index contributed by atoms with van der Waals surface area (Å²) in [6.07, 6.45) is 2.04. The molecule has 0 saturated carbocycles. The Morgan fingerprint density at radius 3 is 2.53 bits per heavy atom. The Labute approximate surface area is 175 Å². The minimum absolute atomic E-state index is 0.242. The molecule has 0 unspecified atom stereocenters. The molecule has 0 fully saturated rings. The molecule has 156 valence electrons. The first-order chi connectivity index (χ1) is 14.5. The lowest BCUT2D eigenvalue weighted by Crippen LogP contribution is -2.31. The van der Waals surface area contributed by atoms with Gasteiger partial charge in [0.1, 0.15) is 0 Å². The largest absolute Gasteiger partial charge is 0.306 e. The van der Waals surface area contributed by atoms with Crippen LogP contribution in [0.2, 0.25) is 0 Å². The monoisotopic (exact) mass is 425 g/mol. The molecule has 3 aromatic rings. The third-order valence-electron chi connectivity index (χ3n) is 5.23. The number of carbonyl (C=O) groups is 1. The second kappa shape index (κ2) is 8.00. The average Bonchev–Trinajstić information content (AvgIpc) is 3.42. The quantitative estimate of drug-likeness (QED) is 0.605. The van der Waals surface area contributed by atoms with Crippen molar-refractivity contribution in [3.05, 3.63) is 66.0 Å². The van der Waals surface area contributed by atoms with Gasteiger partial charge in [0.15, 0.2) is 5.69 Å². The maximum absolute atomic E-state index is 13.0. The van der Waals surface area contributed by atoms with Crippen LogP contribution >= 0.6 is 0 Å². The SMILES string of the molecule is CCN(CC)S(=O)(=O)c1ccc2c(c1)CCN2C(=O)c1cnn(-c2ccccc2)n1. The molecule has 0 atom stereocenters. The summed E-state index contributed by atoms with van der Waals surface area (Å²) in [6, 6.07) is 14.3. The molecule has 9 heteroatoms. The zero-order valence-corrected chi connectivity index (χ0v) is 17.7. The highest BCUT2D eigenvalue weighted by molar-refractivity contribution is 7.89. The van der Waals surface area contributed by atoms with Crippen molar-refractivity contribution in [2.45, 2.75) is 25.2 Å². The summed E-state index contributed by atoms with van der Waals surface area (Å²) in [4.78, 5) is 16.3. The number of rotatable bonds is 6. The molecule has 1 aromatic heterocycles. The maximum Gasteiger partial charge on any atom is 0.280 e. The summed E-state index contributed by atoms with van der Waals surface area (Å²) in [5.41, 5.74) is 2.57. The molecule has 0 bridgehead atoms. The summed E-state index contributed by atoms with van der Waals surface area (Å²) in [5.74, 6) is -0.254. The number of nitrogens with zero attached hydrogens (tertiary/aromatic N) is 5. The lowest BCUT2D eigenvalue weighted by atomic mass is 10.2. The second-order valence-electron chi connectivity index (χ2n) is 6.94. The van der Waals surface area contributed by atoms with Gasteiger partial charge >= 0.3 is 0 Å². The van der Waals surface area contributed by atoms with Crippen molar-refractivity contribution in [3.63, 3.8) is 0 Å². The predicted molar refractivity (Wildman–Crippen MR) is 113 cm³/mol. The van der Waals surface area contributed by atoms with Crippen LogP contribution in [0.4, 0.5) is 5.69 Å². The third kappa shape index (κ3) is 3.50. The highest BCUT2D eigenvalue weighted by atomic mass is 32.2. The van der Waals surface area contributed by atoms with Gasteiger partial charge in [-0.2, -0.15) is 14.2 Å². The summed E-state index contributed by atoms with van der Waals surface area (Å²) in [5, 5.41) is 8.50. The fourth-order valence-corrected chi connectivity index (χ4v) is 5.16. The molecule has 8 nitrogen and oxygen atoms in total. The van der Waals surface area contributed by atoms with Crippen molar-refractivity contribution >= 4 is 21.6 Å². The van der Waals surface area contributed by atoms with Gasteiger partial charge in [0.2, 0.25) is 10.0 Å². The number of hydrogen-bond acceptors (Lipinski definition) is 5. The molecule has 1 aliphatic rings. The Balaban J connectivity index is 1.60. The number of amides is 1. The molecule has 2 aromatic carbocycles. The van der Waals surface area contributed by atoms with Crippen molar-refractivity contribution in [3.8, 4) is 5.69 Å². The number of anilines is 1. The Bertz CT molecular complexity index is 1170. The lowest BCUT2D eigenvalue weighted by molar-refractivity contribution is 0.0984. The van der Waals surface area contributed by atoms with E-state index in [0.29, 0.717) is 31.7 Å². The summed E-state index contributed by atoms with van der Waals surface area (Å²) in [6.45, 7) is 4.94. The predicted octanol–water partition coefficient (Wildman–Crippen LogP) is 2.50. The summed E-state index contributed by atoms with van der Waals surface area (Å²) in [7, 11) is -3.54. The molecule has 0 spiro atoms. The van der Waals surface area contributed by atoms with Crippen molar-refractivity contribution in [2.75, 3.05) is 24.5 Å². The Morgan fingerprint density at radius 1 is 1.10 bits per heavy atom. The van der Waals surface area contributed by atoms with E-state index < -0.39 is 10.0 Å². The molecule has 1 amide bonds.